The summed E-state index contributed by atoms with van der Waals surface area (Å²) < 4.78 is 5.39. The molecule has 1 unspecified atom stereocenters. The molecule has 1 atom stereocenters. The van der Waals surface area contributed by atoms with Crippen molar-refractivity contribution in [2.75, 3.05) is 26.3 Å². The van der Waals surface area contributed by atoms with Crippen LogP contribution in [0.25, 0.3) is 0 Å². The molecule has 1 heterocycles. The molecule has 1 aliphatic heterocycles. The zero-order chi connectivity index (χ0) is 19.1. The van der Waals surface area contributed by atoms with Gasteiger partial charge in [-0.05, 0) is 24.3 Å². The third-order valence-corrected chi connectivity index (χ3v) is 4.31. The molecule has 1 saturated heterocycles. The van der Waals surface area contributed by atoms with E-state index in [0.717, 1.165) is 32.5 Å². The lowest BCUT2D eigenvalue weighted by Crippen LogP contribution is -2.52. The van der Waals surface area contributed by atoms with Gasteiger partial charge in [-0.25, -0.2) is 0 Å². The fraction of sp³-hybridized carbons (Fsp3) is 0.682. The van der Waals surface area contributed by atoms with Gasteiger partial charge in [-0.1, -0.05) is 71.9 Å². The molecule has 144 valence electrons. The second-order valence-electron chi connectivity index (χ2n) is 5.85. The van der Waals surface area contributed by atoms with Gasteiger partial charge in [0.1, 0.15) is 0 Å². The maximum absolute atomic E-state index is 12.0. The average molecular weight is 350 g/mol. The van der Waals surface area contributed by atoms with Gasteiger partial charge in [-0.3, -0.25) is 4.79 Å². The summed E-state index contributed by atoms with van der Waals surface area (Å²) >= 11 is 0. The summed E-state index contributed by atoms with van der Waals surface area (Å²) in [6.07, 6.45) is 2.67. The maximum atomic E-state index is 12.0. The molecule has 0 spiro atoms. The van der Waals surface area contributed by atoms with E-state index in [-0.39, 0.29) is 5.91 Å². The van der Waals surface area contributed by atoms with Gasteiger partial charge >= 0.3 is 0 Å². The number of benzene rings is 1. The number of nitrogens with zero attached hydrogens (tertiary/aromatic N) is 1. The molecule has 0 N–H and O–H groups in total. The fourth-order valence-electron chi connectivity index (χ4n) is 3.08. The van der Waals surface area contributed by atoms with Crippen LogP contribution >= 0.6 is 0 Å². The molecule has 0 aromatic heterocycles. The van der Waals surface area contributed by atoms with Crippen molar-refractivity contribution >= 4 is 5.91 Å². The standard InChI is InChI=1S/C18H27NO2.2C2H6/c1-3-11-21-12-10-18(20)19-13-16(14-19)17(4-2)15-8-6-5-7-9-15;2*1-2/h5-9,16-17H,3-4,10-14H2,1-2H3;2*1-2H3. The minimum absolute atomic E-state index is 0.241. The maximum Gasteiger partial charge on any atom is 0.224 e. The van der Waals surface area contributed by atoms with Crippen LogP contribution in [0.1, 0.15) is 72.3 Å². The van der Waals surface area contributed by atoms with Crippen molar-refractivity contribution in [3.8, 4) is 0 Å². The van der Waals surface area contributed by atoms with Gasteiger partial charge in [-0.15, -0.1) is 0 Å². The van der Waals surface area contributed by atoms with Crippen molar-refractivity contribution in [1.82, 2.24) is 4.90 Å². The number of likely N-dealkylation sites (tertiary alicyclic amines) is 1. The highest BCUT2D eigenvalue weighted by Gasteiger charge is 2.35. The first-order chi connectivity index (χ1) is 12.3. The van der Waals surface area contributed by atoms with Crippen LogP contribution in [-0.2, 0) is 9.53 Å². The zero-order valence-electron chi connectivity index (χ0n) is 17.3. The van der Waals surface area contributed by atoms with Crippen LogP contribution in [0.5, 0.6) is 0 Å². The first-order valence-corrected chi connectivity index (χ1v) is 10.2. The van der Waals surface area contributed by atoms with Crippen molar-refractivity contribution in [2.45, 2.75) is 66.7 Å². The van der Waals surface area contributed by atoms with E-state index in [0.29, 0.717) is 24.9 Å². The Bertz CT molecular complexity index is 427. The number of rotatable bonds is 8. The normalized spacial score (nSPS) is 14.4. The van der Waals surface area contributed by atoms with Crippen LogP contribution in [0, 0.1) is 5.92 Å². The molecule has 3 nitrogen and oxygen atoms in total. The summed E-state index contributed by atoms with van der Waals surface area (Å²) in [4.78, 5) is 14.0. The number of ether oxygens (including phenoxy) is 1. The highest BCUT2D eigenvalue weighted by Crippen LogP contribution is 2.34. The SMILES string of the molecule is CC.CC.CCCOCCC(=O)N1CC(C(CC)c2ccccc2)C1. The van der Waals surface area contributed by atoms with E-state index in [9.17, 15) is 4.79 Å². The minimum atomic E-state index is 0.241. The molecule has 1 aromatic carbocycles. The van der Waals surface area contributed by atoms with E-state index in [2.05, 4.69) is 44.2 Å². The lowest BCUT2D eigenvalue weighted by Gasteiger charge is -2.43. The molecule has 1 aliphatic rings. The quantitative estimate of drug-likeness (QED) is 0.579. The van der Waals surface area contributed by atoms with Gasteiger partial charge in [0.05, 0.1) is 13.0 Å². The number of carbonyl (C=O) groups is 1. The Labute approximate surface area is 155 Å². The first kappa shape index (κ1) is 23.6. The lowest BCUT2D eigenvalue weighted by molar-refractivity contribution is -0.139. The summed E-state index contributed by atoms with van der Waals surface area (Å²) in [6, 6.07) is 10.7. The second-order valence-corrected chi connectivity index (χ2v) is 5.85. The minimum Gasteiger partial charge on any atom is -0.381 e. The average Bonchev–Trinajstić information content (AvgIpc) is 2.65. The van der Waals surface area contributed by atoms with Crippen LogP contribution in [0.2, 0.25) is 0 Å². The van der Waals surface area contributed by atoms with Crippen molar-refractivity contribution in [3.05, 3.63) is 35.9 Å². The van der Waals surface area contributed by atoms with Crippen molar-refractivity contribution < 1.29 is 9.53 Å². The van der Waals surface area contributed by atoms with Gasteiger partial charge in [0.15, 0.2) is 0 Å². The summed E-state index contributed by atoms with van der Waals surface area (Å²) in [6.45, 7) is 15.4. The topological polar surface area (TPSA) is 29.5 Å². The predicted octanol–water partition coefficient (Wildman–Crippen LogP) is 5.51. The van der Waals surface area contributed by atoms with Crippen molar-refractivity contribution in [3.63, 3.8) is 0 Å². The number of hydrogen-bond donors (Lipinski definition) is 0. The number of hydrogen-bond acceptors (Lipinski definition) is 2. The van der Waals surface area contributed by atoms with Crippen molar-refractivity contribution in [1.29, 1.82) is 0 Å². The Morgan fingerprint density at radius 3 is 2.20 bits per heavy atom. The lowest BCUT2D eigenvalue weighted by atomic mass is 9.79. The Balaban J connectivity index is 0.00000134. The molecule has 1 aromatic rings. The molecule has 2 rings (SSSR count). The molecule has 1 fully saturated rings. The number of amides is 1. The van der Waals surface area contributed by atoms with Crippen LogP contribution in [0.15, 0.2) is 30.3 Å². The Morgan fingerprint density at radius 2 is 1.68 bits per heavy atom. The Morgan fingerprint density at radius 1 is 1.08 bits per heavy atom. The molecule has 0 radical (unpaired) electrons. The van der Waals surface area contributed by atoms with Gasteiger partial charge in [0.25, 0.3) is 0 Å². The van der Waals surface area contributed by atoms with Gasteiger partial charge in [0.2, 0.25) is 5.91 Å². The van der Waals surface area contributed by atoms with E-state index in [1.54, 1.807) is 0 Å². The molecular formula is C22H39NO2. The first-order valence-electron chi connectivity index (χ1n) is 10.2. The molecule has 0 bridgehead atoms. The molecule has 25 heavy (non-hydrogen) atoms. The highest BCUT2D eigenvalue weighted by atomic mass is 16.5. The van der Waals surface area contributed by atoms with E-state index in [1.165, 1.54) is 5.56 Å². The summed E-state index contributed by atoms with van der Waals surface area (Å²) in [5.41, 5.74) is 1.41. The van der Waals surface area contributed by atoms with E-state index < -0.39 is 0 Å². The third-order valence-electron chi connectivity index (χ3n) is 4.31. The van der Waals surface area contributed by atoms with Gasteiger partial charge in [0, 0.05) is 25.6 Å². The van der Waals surface area contributed by atoms with Gasteiger partial charge < -0.3 is 9.64 Å². The fourth-order valence-corrected chi connectivity index (χ4v) is 3.08. The molecule has 3 heteroatoms. The van der Waals surface area contributed by atoms with Crippen molar-refractivity contribution in [2.24, 2.45) is 5.92 Å². The molecule has 0 saturated carbocycles. The van der Waals surface area contributed by atoms with Crippen LogP contribution in [0.4, 0.5) is 0 Å². The third kappa shape index (κ3) is 8.04. The summed E-state index contributed by atoms with van der Waals surface area (Å²) in [5.74, 6) is 1.43. The monoisotopic (exact) mass is 349 g/mol. The van der Waals surface area contributed by atoms with E-state index in [4.69, 9.17) is 4.74 Å². The summed E-state index contributed by atoms with van der Waals surface area (Å²) in [7, 11) is 0. The summed E-state index contributed by atoms with van der Waals surface area (Å²) in [5, 5.41) is 0. The zero-order valence-corrected chi connectivity index (χ0v) is 17.3. The Hall–Kier alpha value is -1.35. The van der Waals surface area contributed by atoms with Gasteiger partial charge in [-0.2, -0.15) is 0 Å². The van der Waals surface area contributed by atoms with Crippen LogP contribution < -0.4 is 0 Å². The van der Waals surface area contributed by atoms with Crippen LogP contribution in [0.3, 0.4) is 0 Å². The smallest absolute Gasteiger partial charge is 0.224 e. The van der Waals surface area contributed by atoms with E-state index >= 15 is 0 Å². The molecule has 1 amide bonds. The van der Waals surface area contributed by atoms with Crippen LogP contribution in [-0.4, -0.2) is 37.1 Å². The second kappa shape index (κ2) is 14.9. The highest BCUT2D eigenvalue weighted by molar-refractivity contribution is 5.77. The number of carbonyl (C=O) groups excluding carboxylic acids is 1. The molecular weight excluding hydrogens is 310 g/mol. The molecule has 0 aliphatic carbocycles. The Kier molecular flexibility index (Phi) is 14.1. The van der Waals surface area contributed by atoms with E-state index in [1.807, 2.05) is 32.6 Å². The largest absolute Gasteiger partial charge is 0.381 e. The predicted molar refractivity (Wildman–Crippen MR) is 108 cm³/mol.